The van der Waals surface area contributed by atoms with Gasteiger partial charge in [-0.3, -0.25) is 4.79 Å². The van der Waals surface area contributed by atoms with Crippen molar-refractivity contribution < 1.29 is 14.3 Å². The minimum atomic E-state index is -0.160. The summed E-state index contributed by atoms with van der Waals surface area (Å²) >= 11 is 5.94. The SMILES string of the molecule is COc1ccc(C(=O)N[C@H](C)c2ccc(Cl)cc2)cc1COc1ccccc1C. The molecule has 0 aromatic heterocycles. The van der Waals surface area contributed by atoms with E-state index in [0.29, 0.717) is 22.9 Å². The van der Waals surface area contributed by atoms with Gasteiger partial charge in [0, 0.05) is 16.1 Å². The topological polar surface area (TPSA) is 47.6 Å². The Morgan fingerprint density at radius 2 is 1.76 bits per heavy atom. The molecule has 0 unspecified atom stereocenters. The number of ether oxygens (including phenoxy) is 2. The van der Waals surface area contributed by atoms with E-state index in [1.807, 2.05) is 62.4 Å². The number of halogens is 1. The minimum absolute atomic E-state index is 0.145. The summed E-state index contributed by atoms with van der Waals surface area (Å²) in [6, 6.07) is 20.5. The van der Waals surface area contributed by atoms with E-state index < -0.39 is 0 Å². The van der Waals surface area contributed by atoms with E-state index in [1.165, 1.54) is 0 Å². The van der Waals surface area contributed by atoms with E-state index in [4.69, 9.17) is 21.1 Å². The molecule has 29 heavy (non-hydrogen) atoms. The van der Waals surface area contributed by atoms with E-state index in [-0.39, 0.29) is 11.9 Å². The molecule has 0 bridgehead atoms. The maximum atomic E-state index is 12.8. The smallest absolute Gasteiger partial charge is 0.251 e. The van der Waals surface area contributed by atoms with E-state index in [1.54, 1.807) is 25.3 Å². The lowest BCUT2D eigenvalue weighted by Gasteiger charge is -2.16. The predicted molar refractivity (Wildman–Crippen MR) is 116 cm³/mol. The summed E-state index contributed by atoms with van der Waals surface area (Å²) in [5.74, 6) is 1.33. The van der Waals surface area contributed by atoms with Crippen LogP contribution in [0.5, 0.6) is 11.5 Å². The average molecular weight is 410 g/mol. The molecule has 0 spiro atoms. The van der Waals surface area contributed by atoms with Crippen LogP contribution < -0.4 is 14.8 Å². The van der Waals surface area contributed by atoms with Crippen LogP contribution in [0.15, 0.2) is 66.7 Å². The lowest BCUT2D eigenvalue weighted by atomic mass is 10.1. The summed E-state index contributed by atoms with van der Waals surface area (Å²) in [5, 5.41) is 3.68. The number of nitrogens with one attached hydrogen (secondary N) is 1. The van der Waals surface area contributed by atoms with Crippen molar-refractivity contribution in [3.8, 4) is 11.5 Å². The second kappa shape index (κ2) is 9.48. The van der Waals surface area contributed by atoms with Crippen LogP contribution in [0.25, 0.3) is 0 Å². The number of benzene rings is 3. The highest BCUT2D eigenvalue weighted by atomic mass is 35.5. The zero-order chi connectivity index (χ0) is 20.8. The first kappa shape index (κ1) is 20.7. The lowest BCUT2D eigenvalue weighted by Crippen LogP contribution is -2.26. The highest BCUT2D eigenvalue weighted by molar-refractivity contribution is 6.30. The molecule has 0 fully saturated rings. The molecule has 0 heterocycles. The van der Waals surface area contributed by atoms with E-state index in [9.17, 15) is 4.79 Å². The van der Waals surface area contributed by atoms with Crippen LogP contribution in [0.1, 0.15) is 40.0 Å². The molecule has 1 amide bonds. The number of para-hydroxylation sites is 1. The molecule has 5 heteroatoms. The average Bonchev–Trinajstić information content (AvgIpc) is 2.73. The number of hydrogen-bond acceptors (Lipinski definition) is 3. The molecule has 1 atom stereocenters. The molecular formula is C24H24ClNO3. The molecule has 0 aliphatic heterocycles. The number of aryl methyl sites for hydroxylation is 1. The Kier molecular flexibility index (Phi) is 6.78. The van der Waals surface area contributed by atoms with Crippen molar-refractivity contribution in [3.63, 3.8) is 0 Å². The number of methoxy groups -OCH3 is 1. The van der Waals surface area contributed by atoms with E-state index >= 15 is 0 Å². The van der Waals surface area contributed by atoms with Gasteiger partial charge in [0.1, 0.15) is 18.1 Å². The number of rotatable bonds is 7. The summed E-state index contributed by atoms with van der Waals surface area (Å²) < 4.78 is 11.4. The maximum Gasteiger partial charge on any atom is 0.251 e. The van der Waals surface area contributed by atoms with Gasteiger partial charge < -0.3 is 14.8 Å². The molecule has 0 radical (unpaired) electrons. The van der Waals surface area contributed by atoms with Gasteiger partial charge in [-0.25, -0.2) is 0 Å². The molecule has 3 rings (SSSR count). The van der Waals surface area contributed by atoms with Gasteiger partial charge in [-0.2, -0.15) is 0 Å². The normalized spacial score (nSPS) is 11.6. The largest absolute Gasteiger partial charge is 0.496 e. The molecule has 4 nitrogen and oxygen atoms in total. The third-order valence-corrected chi connectivity index (χ3v) is 4.99. The van der Waals surface area contributed by atoms with Gasteiger partial charge in [0.05, 0.1) is 13.2 Å². The Hall–Kier alpha value is -2.98. The first-order valence-corrected chi connectivity index (χ1v) is 9.77. The Labute approximate surface area is 176 Å². The first-order valence-electron chi connectivity index (χ1n) is 9.39. The van der Waals surface area contributed by atoms with Crippen molar-refractivity contribution in [1.82, 2.24) is 5.32 Å². The first-order chi connectivity index (χ1) is 14.0. The van der Waals surface area contributed by atoms with Crippen molar-refractivity contribution in [2.45, 2.75) is 26.5 Å². The monoisotopic (exact) mass is 409 g/mol. The van der Waals surface area contributed by atoms with Crippen molar-refractivity contribution in [1.29, 1.82) is 0 Å². The van der Waals surface area contributed by atoms with Crippen LogP contribution in [0.3, 0.4) is 0 Å². The second-order valence-electron chi connectivity index (χ2n) is 6.83. The quantitative estimate of drug-likeness (QED) is 0.542. The van der Waals surface area contributed by atoms with Gasteiger partial charge in [-0.05, 0) is 61.4 Å². The van der Waals surface area contributed by atoms with Crippen LogP contribution in [0.4, 0.5) is 0 Å². The summed E-state index contributed by atoms with van der Waals surface area (Å²) in [7, 11) is 1.61. The fourth-order valence-electron chi connectivity index (χ4n) is 3.02. The molecule has 0 aliphatic carbocycles. The minimum Gasteiger partial charge on any atom is -0.496 e. The Balaban J connectivity index is 1.73. The van der Waals surface area contributed by atoms with Crippen LogP contribution in [-0.2, 0) is 6.61 Å². The van der Waals surface area contributed by atoms with Gasteiger partial charge in [-0.1, -0.05) is 41.9 Å². The molecule has 3 aromatic carbocycles. The Morgan fingerprint density at radius 3 is 2.45 bits per heavy atom. The van der Waals surface area contributed by atoms with Gasteiger partial charge >= 0.3 is 0 Å². The van der Waals surface area contributed by atoms with Crippen LogP contribution in [0, 0.1) is 6.92 Å². The maximum absolute atomic E-state index is 12.8. The third-order valence-electron chi connectivity index (χ3n) is 4.74. The van der Waals surface area contributed by atoms with Crippen molar-refractivity contribution >= 4 is 17.5 Å². The highest BCUT2D eigenvalue weighted by Crippen LogP contribution is 2.24. The standard InChI is InChI=1S/C24H24ClNO3/c1-16-6-4-5-7-22(16)29-15-20-14-19(10-13-23(20)28-3)24(27)26-17(2)18-8-11-21(25)12-9-18/h4-14,17H,15H2,1-3H3,(H,26,27)/t17-/m1/s1. The summed E-state index contributed by atoms with van der Waals surface area (Å²) in [5.41, 5.74) is 3.40. The number of amides is 1. The fraction of sp³-hybridized carbons (Fsp3) is 0.208. The molecule has 0 saturated heterocycles. The lowest BCUT2D eigenvalue weighted by molar-refractivity contribution is 0.0939. The van der Waals surface area contributed by atoms with E-state index in [0.717, 1.165) is 22.4 Å². The fourth-order valence-corrected chi connectivity index (χ4v) is 3.15. The number of carbonyl (C=O) groups is 1. The van der Waals surface area contributed by atoms with E-state index in [2.05, 4.69) is 5.32 Å². The van der Waals surface area contributed by atoms with Crippen molar-refractivity contribution in [3.05, 3.63) is 94.0 Å². The number of carbonyl (C=O) groups excluding carboxylic acids is 1. The molecule has 0 saturated carbocycles. The molecule has 3 aromatic rings. The number of hydrogen-bond donors (Lipinski definition) is 1. The third kappa shape index (κ3) is 5.30. The second-order valence-corrected chi connectivity index (χ2v) is 7.26. The Morgan fingerprint density at radius 1 is 1.03 bits per heavy atom. The van der Waals surface area contributed by atoms with Crippen LogP contribution in [-0.4, -0.2) is 13.0 Å². The Bertz CT molecular complexity index is 986. The van der Waals surface area contributed by atoms with Crippen LogP contribution >= 0.6 is 11.6 Å². The van der Waals surface area contributed by atoms with Gasteiger partial charge in [0.2, 0.25) is 0 Å². The van der Waals surface area contributed by atoms with Crippen LogP contribution in [0.2, 0.25) is 5.02 Å². The summed E-state index contributed by atoms with van der Waals surface area (Å²) in [6.45, 7) is 4.24. The molecular weight excluding hydrogens is 386 g/mol. The van der Waals surface area contributed by atoms with Gasteiger partial charge in [0.15, 0.2) is 0 Å². The zero-order valence-electron chi connectivity index (χ0n) is 16.7. The molecule has 0 aliphatic rings. The summed E-state index contributed by atoms with van der Waals surface area (Å²) in [6.07, 6.45) is 0. The molecule has 150 valence electrons. The zero-order valence-corrected chi connectivity index (χ0v) is 17.5. The summed E-state index contributed by atoms with van der Waals surface area (Å²) in [4.78, 5) is 12.8. The van der Waals surface area contributed by atoms with Crippen molar-refractivity contribution in [2.75, 3.05) is 7.11 Å². The molecule has 1 N–H and O–H groups in total. The van der Waals surface area contributed by atoms with Crippen molar-refractivity contribution in [2.24, 2.45) is 0 Å². The predicted octanol–water partition coefficient (Wildman–Crippen LogP) is 5.73. The highest BCUT2D eigenvalue weighted by Gasteiger charge is 2.14. The van der Waals surface area contributed by atoms with Gasteiger partial charge in [-0.15, -0.1) is 0 Å². The van der Waals surface area contributed by atoms with Gasteiger partial charge in [0.25, 0.3) is 5.91 Å².